The van der Waals surface area contributed by atoms with E-state index in [-0.39, 0.29) is 12.1 Å². The molecule has 0 bridgehead atoms. The lowest BCUT2D eigenvalue weighted by Gasteiger charge is -2.13. The summed E-state index contributed by atoms with van der Waals surface area (Å²) in [5.41, 5.74) is -3.86. The molecular weight excluding hydrogens is 317 g/mol. The molecule has 1 rings (SSSR count). The van der Waals surface area contributed by atoms with Crippen molar-refractivity contribution < 1.29 is 30.4 Å². The van der Waals surface area contributed by atoms with Crippen LogP contribution in [0.3, 0.4) is 0 Å². The summed E-state index contributed by atoms with van der Waals surface area (Å²) in [6.07, 6.45) is -8.46. The smallest absolute Gasteiger partial charge is 0.207 e. The molecule has 0 aromatic heterocycles. The molecule has 0 unspecified atom stereocenters. The Morgan fingerprint density at radius 2 is 1.79 bits per heavy atom. The number of benzene rings is 1. The van der Waals surface area contributed by atoms with E-state index in [2.05, 4.69) is 0 Å². The molecule has 0 saturated heterocycles. The van der Waals surface area contributed by atoms with Crippen molar-refractivity contribution in [3.63, 3.8) is 0 Å². The average Bonchev–Trinajstić information content (AvgIpc) is 2.24. The first-order chi connectivity index (χ1) is 8.48. The van der Waals surface area contributed by atoms with E-state index in [1.807, 2.05) is 0 Å². The largest absolute Gasteiger partial charge is 0.417 e. The third kappa shape index (κ3) is 3.33. The molecular formula is C9H3ClF5NO2S. The second-order valence-corrected chi connectivity index (χ2v) is 5.82. The first-order valence-corrected chi connectivity index (χ1v) is 6.67. The van der Waals surface area contributed by atoms with Gasteiger partial charge in [0.15, 0.2) is 0 Å². The van der Waals surface area contributed by atoms with Gasteiger partial charge in [0, 0.05) is 16.2 Å². The second-order valence-electron chi connectivity index (χ2n) is 3.28. The number of rotatable bonds is 2. The van der Waals surface area contributed by atoms with Gasteiger partial charge in [-0.1, -0.05) is 0 Å². The Morgan fingerprint density at radius 1 is 1.26 bits per heavy atom. The van der Waals surface area contributed by atoms with Gasteiger partial charge in [-0.25, -0.2) is 17.2 Å². The van der Waals surface area contributed by atoms with Crippen LogP contribution in [0.1, 0.15) is 23.1 Å². The van der Waals surface area contributed by atoms with Crippen LogP contribution in [0, 0.1) is 11.3 Å². The lowest BCUT2D eigenvalue weighted by molar-refractivity contribution is -0.139. The number of halogens is 6. The van der Waals surface area contributed by atoms with Crippen molar-refractivity contribution >= 4 is 19.7 Å². The van der Waals surface area contributed by atoms with Crippen LogP contribution >= 0.6 is 10.7 Å². The van der Waals surface area contributed by atoms with E-state index in [1.54, 1.807) is 0 Å². The van der Waals surface area contributed by atoms with Gasteiger partial charge in [-0.3, -0.25) is 0 Å². The molecule has 0 aliphatic rings. The van der Waals surface area contributed by atoms with E-state index in [1.165, 1.54) is 0 Å². The Balaban J connectivity index is 3.80. The topological polar surface area (TPSA) is 57.9 Å². The van der Waals surface area contributed by atoms with Crippen molar-refractivity contribution in [2.24, 2.45) is 0 Å². The molecule has 104 valence electrons. The van der Waals surface area contributed by atoms with Crippen molar-refractivity contribution in [3.05, 3.63) is 28.8 Å². The molecule has 0 fully saturated rings. The third-order valence-electron chi connectivity index (χ3n) is 2.08. The van der Waals surface area contributed by atoms with Crippen molar-refractivity contribution in [1.29, 1.82) is 5.26 Å². The first-order valence-electron chi connectivity index (χ1n) is 4.36. The van der Waals surface area contributed by atoms with Crippen LogP contribution in [0.4, 0.5) is 22.0 Å². The van der Waals surface area contributed by atoms with E-state index in [0.717, 1.165) is 6.07 Å². The SMILES string of the molecule is N#Cc1cc(C(F)(F)F)c(S(=O)(=O)Cl)cc1C(F)F. The van der Waals surface area contributed by atoms with Crippen LogP contribution in [-0.4, -0.2) is 8.42 Å². The zero-order valence-corrected chi connectivity index (χ0v) is 10.2. The standard InChI is InChI=1S/C9H3ClF5NO2S/c10-19(17,18)7-2-5(8(11)12)4(3-16)1-6(7)9(13,14)15/h1-2,8H. The van der Waals surface area contributed by atoms with Crippen LogP contribution < -0.4 is 0 Å². The van der Waals surface area contributed by atoms with Crippen molar-refractivity contribution in [2.45, 2.75) is 17.5 Å². The minimum absolute atomic E-state index is 0.0384. The zero-order chi connectivity index (χ0) is 15.0. The molecule has 1 aromatic rings. The predicted octanol–water partition coefficient (Wildman–Crippen LogP) is 3.44. The molecule has 1 aromatic carbocycles. The minimum Gasteiger partial charge on any atom is -0.207 e. The number of hydrogen-bond acceptors (Lipinski definition) is 3. The molecule has 3 nitrogen and oxygen atoms in total. The average molecular weight is 320 g/mol. The number of alkyl halides is 5. The number of nitrogens with zero attached hydrogens (tertiary/aromatic N) is 1. The predicted molar refractivity (Wildman–Crippen MR) is 54.2 cm³/mol. The molecule has 0 aliphatic heterocycles. The van der Waals surface area contributed by atoms with Gasteiger partial charge in [0.05, 0.1) is 22.1 Å². The van der Waals surface area contributed by atoms with Crippen LogP contribution in [0.2, 0.25) is 0 Å². The third-order valence-corrected chi connectivity index (χ3v) is 3.44. The van der Waals surface area contributed by atoms with E-state index in [0.29, 0.717) is 0 Å². The van der Waals surface area contributed by atoms with Gasteiger partial charge in [-0.15, -0.1) is 0 Å². The second kappa shape index (κ2) is 4.94. The van der Waals surface area contributed by atoms with Gasteiger partial charge in [0.25, 0.3) is 15.5 Å². The summed E-state index contributed by atoms with van der Waals surface area (Å²) in [6, 6.07) is 1.25. The molecule has 0 heterocycles. The molecule has 0 atom stereocenters. The fourth-order valence-corrected chi connectivity index (χ4v) is 2.38. The maximum Gasteiger partial charge on any atom is 0.417 e. The Bertz CT molecular complexity index is 648. The molecule has 0 amide bonds. The van der Waals surface area contributed by atoms with E-state index < -0.39 is 43.2 Å². The molecule has 0 saturated carbocycles. The molecule has 0 spiro atoms. The van der Waals surface area contributed by atoms with E-state index in [4.69, 9.17) is 15.9 Å². The Labute approximate surface area is 108 Å². The molecule has 0 radical (unpaired) electrons. The highest BCUT2D eigenvalue weighted by Gasteiger charge is 2.38. The highest BCUT2D eigenvalue weighted by Crippen LogP contribution is 2.38. The number of hydrogen-bond donors (Lipinski definition) is 0. The van der Waals surface area contributed by atoms with Gasteiger partial charge in [0.2, 0.25) is 0 Å². The summed E-state index contributed by atoms with van der Waals surface area (Å²) in [5, 5.41) is 8.52. The molecule has 0 N–H and O–H groups in total. The van der Waals surface area contributed by atoms with E-state index >= 15 is 0 Å². The summed E-state index contributed by atoms with van der Waals surface area (Å²) in [5.74, 6) is 0. The summed E-state index contributed by atoms with van der Waals surface area (Å²) in [4.78, 5) is -1.50. The van der Waals surface area contributed by atoms with Crippen molar-refractivity contribution in [3.8, 4) is 6.07 Å². The highest BCUT2D eigenvalue weighted by atomic mass is 35.7. The zero-order valence-electron chi connectivity index (χ0n) is 8.67. The number of nitriles is 1. The summed E-state index contributed by atoms with van der Waals surface area (Å²) in [7, 11) is -0.102. The summed E-state index contributed by atoms with van der Waals surface area (Å²) in [6.45, 7) is 0. The van der Waals surface area contributed by atoms with Gasteiger partial charge < -0.3 is 0 Å². The maximum absolute atomic E-state index is 12.6. The molecule has 19 heavy (non-hydrogen) atoms. The van der Waals surface area contributed by atoms with Crippen LogP contribution in [-0.2, 0) is 15.2 Å². The summed E-state index contributed by atoms with van der Waals surface area (Å²) >= 11 is 0. The lowest BCUT2D eigenvalue weighted by atomic mass is 10.0. The normalized spacial score (nSPS) is 12.5. The monoisotopic (exact) mass is 319 g/mol. The van der Waals surface area contributed by atoms with Crippen molar-refractivity contribution in [1.82, 2.24) is 0 Å². The maximum atomic E-state index is 12.6. The molecule has 10 heteroatoms. The van der Waals surface area contributed by atoms with Crippen LogP contribution in [0.25, 0.3) is 0 Å². The highest BCUT2D eigenvalue weighted by molar-refractivity contribution is 8.13. The van der Waals surface area contributed by atoms with E-state index in [9.17, 15) is 30.4 Å². The van der Waals surface area contributed by atoms with Gasteiger partial charge >= 0.3 is 6.18 Å². The Kier molecular flexibility index (Phi) is 4.07. The first kappa shape index (κ1) is 15.7. The Morgan fingerprint density at radius 3 is 2.11 bits per heavy atom. The van der Waals surface area contributed by atoms with Crippen LogP contribution in [0.15, 0.2) is 17.0 Å². The Hall–Kier alpha value is -1.40. The van der Waals surface area contributed by atoms with Gasteiger partial charge in [-0.2, -0.15) is 18.4 Å². The van der Waals surface area contributed by atoms with Gasteiger partial charge in [-0.05, 0) is 12.1 Å². The fourth-order valence-electron chi connectivity index (χ4n) is 1.30. The fraction of sp³-hybridized carbons (Fsp3) is 0.222. The molecule has 0 aliphatic carbocycles. The van der Waals surface area contributed by atoms with Crippen molar-refractivity contribution in [2.75, 3.05) is 0 Å². The minimum atomic E-state index is -5.15. The summed E-state index contributed by atoms with van der Waals surface area (Å²) < 4.78 is 84.9. The quantitative estimate of drug-likeness (QED) is 0.619. The van der Waals surface area contributed by atoms with Gasteiger partial charge in [0.1, 0.15) is 0 Å². The van der Waals surface area contributed by atoms with Crippen LogP contribution in [0.5, 0.6) is 0 Å². The lowest BCUT2D eigenvalue weighted by Crippen LogP contribution is -2.12.